The second kappa shape index (κ2) is 4.78. The Labute approximate surface area is 86.2 Å². The van der Waals surface area contributed by atoms with Crippen LogP contribution in [0.5, 0.6) is 0 Å². The summed E-state index contributed by atoms with van der Waals surface area (Å²) < 4.78 is 5.27. The molecule has 0 radical (unpaired) electrons. The van der Waals surface area contributed by atoms with E-state index in [4.69, 9.17) is 4.74 Å². The third-order valence-electron chi connectivity index (χ3n) is 2.27. The number of nitrogens with one attached hydrogen (secondary N) is 1. The molecule has 0 aliphatic carbocycles. The third kappa shape index (κ3) is 4.61. The van der Waals surface area contributed by atoms with E-state index in [9.17, 15) is 4.79 Å². The van der Waals surface area contributed by atoms with Crippen LogP contribution in [-0.4, -0.2) is 24.7 Å². The van der Waals surface area contributed by atoms with Crippen LogP contribution in [0.1, 0.15) is 40.0 Å². The second-order valence-corrected chi connectivity index (χ2v) is 5.00. The van der Waals surface area contributed by atoms with Gasteiger partial charge in [-0.1, -0.05) is 0 Å². The van der Waals surface area contributed by atoms with Crippen LogP contribution >= 0.6 is 0 Å². The zero-order valence-electron chi connectivity index (χ0n) is 9.43. The summed E-state index contributed by atoms with van der Waals surface area (Å²) in [6, 6.07) is 0. The van der Waals surface area contributed by atoms with Gasteiger partial charge in [0.1, 0.15) is 5.60 Å². The molecule has 0 amide bonds. The van der Waals surface area contributed by atoms with Gasteiger partial charge in [-0.15, -0.1) is 0 Å². The molecule has 1 N–H and O–H groups in total. The van der Waals surface area contributed by atoms with Crippen LogP contribution in [0.4, 0.5) is 0 Å². The molecular weight excluding hydrogens is 178 g/mol. The molecule has 1 fully saturated rings. The molecule has 1 saturated heterocycles. The smallest absolute Gasteiger partial charge is 0.306 e. The van der Waals surface area contributed by atoms with Crippen molar-refractivity contribution < 1.29 is 9.53 Å². The number of hydrogen-bond acceptors (Lipinski definition) is 3. The van der Waals surface area contributed by atoms with Gasteiger partial charge in [-0.3, -0.25) is 4.79 Å². The SMILES string of the molecule is CC(C)(C)OC(=O)C[C@@H]1CCCNC1. The van der Waals surface area contributed by atoms with E-state index in [1.165, 1.54) is 6.42 Å². The van der Waals surface area contributed by atoms with Gasteiger partial charge in [0, 0.05) is 6.42 Å². The third-order valence-corrected chi connectivity index (χ3v) is 2.27. The van der Waals surface area contributed by atoms with Crippen molar-refractivity contribution in [1.82, 2.24) is 5.32 Å². The van der Waals surface area contributed by atoms with E-state index in [0.29, 0.717) is 12.3 Å². The van der Waals surface area contributed by atoms with Crippen LogP contribution in [0.2, 0.25) is 0 Å². The Morgan fingerprint density at radius 3 is 2.71 bits per heavy atom. The Morgan fingerprint density at radius 2 is 2.21 bits per heavy atom. The fraction of sp³-hybridized carbons (Fsp3) is 0.909. The van der Waals surface area contributed by atoms with Gasteiger partial charge in [0.2, 0.25) is 0 Å². The average molecular weight is 199 g/mol. The van der Waals surface area contributed by atoms with Crippen LogP contribution in [0.15, 0.2) is 0 Å². The average Bonchev–Trinajstić information content (AvgIpc) is 2.02. The highest BCUT2D eigenvalue weighted by Gasteiger charge is 2.21. The van der Waals surface area contributed by atoms with E-state index in [2.05, 4.69) is 5.32 Å². The van der Waals surface area contributed by atoms with E-state index in [1.54, 1.807) is 0 Å². The Bertz CT molecular complexity index is 190. The lowest BCUT2D eigenvalue weighted by molar-refractivity contribution is -0.156. The van der Waals surface area contributed by atoms with Crippen molar-refractivity contribution in [1.29, 1.82) is 0 Å². The molecule has 0 aromatic rings. The summed E-state index contributed by atoms with van der Waals surface area (Å²) in [5.74, 6) is 0.407. The number of carbonyl (C=O) groups is 1. The fourth-order valence-corrected chi connectivity index (χ4v) is 1.72. The first kappa shape index (κ1) is 11.5. The van der Waals surface area contributed by atoms with Crippen molar-refractivity contribution in [3.8, 4) is 0 Å². The molecule has 0 aromatic carbocycles. The van der Waals surface area contributed by atoms with E-state index in [1.807, 2.05) is 20.8 Å². The van der Waals surface area contributed by atoms with E-state index in [0.717, 1.165) is 19.5 Å². The molecule has 1 aliphatic heterocycles. The van der Waals surface area contributed by atoms with Crippen LogP contribution in [0, 0.1) is 5.92 Å². The minimum absolute atomic E-state index is 0.0637. The van der Waals surface area contributed by atoms with Crippen molar-refractivity contribution in [2.75, 3.05) is 13.1 Å². The Kier molecular flexibility index (Phi) is 3.93. The lowest BCUT2D eigenvalue weighted by Gasteiger charge is -2.24. The van der Waals surface area contributed by atoms with Crippen molar-refractivity contribution in [3.63, 3.8) is 0 Å². The topological polar surface area (TPSA) is 38.3 Å². The summed E-state index contributed by atoms with van der Waals surface area (Å²) in [6.07, 6.45) is 2.88. The fourth-order valence-electron chi connectivity index (χ4n) is 1.72. The molecule has 1 heterocycles. The summed E-state index contributed by atoms with van der Waals surface area (Å²) >= 11 is 0. The molecule has 0 spiro atoms. The maximum absolute atomic E-state index is 11.5. The first-order valence-electron chi connectivity index (χ1n) is 5.40. The predicted molar refractivity (Wildman–Crippen MR) is 56.1 cm³/mol. The van der Waals surface area contributed by atoms with Crippen LogP contribution in [0.3, 0.4) is 0 Å². The molecule has 3 nitrogen and oxygen atoms in total. The minimum Gasteiger partial charge on any atom is -0.460 e. The first-order valence-corrected chi connectivity index (χ1v) is 5.40. The van der Waals surface area contributed by atoms with Crippen molar-refractivity contribution in [2.24, 2.45) is 5.92 Å². The summed E-state index contributed by atoms with van der Waals surface area (Å²) in [5, 5.41) is 3.30. The Morgan fingerprint density at radius 1 is 1.50 bits per heavy atom. The quantitative estimate of drug-likeness (QED) is 0.688. The highest BCUT2D eigenvalue weighted by atomic mass is 16.6. The molecule has 3 heteroatoms. The first-order chi connectivity index (χ1) is 6.47. The maximum Gasteiger partial charge on any atom is 0.306 e. The molecule has 0 unspecified atom stereocenters. The number of piperidine rings is 1. The highest BCUT2D eigenvalue weighted by molar-refractivity contribution is 5.70. The van der Waals surface area contributed by atoms with Gasteiger partial charge >= 0.3 is 5.97 Å². The summed E-state index contributed by atoms with van der Waals surface area (Å²) in [4.78, 5) is 11.5. The number of rotatable bonds is 2. The zero-order valence-corrected chi connectivity index (χ0v) is 9.43. The molecule has 14 heavy (non-hydrogen) atoms. The lowest BCUT2D eigenvalue weighted by Crippen LogP contribution is -2.33. The van der Waals surface area contributed by atoms with Gasteiger partial charge in [-0.25, -0.2) is 0 Å². The number of ether oxygens (including phenoxy) is 1. The lowest BCUT2D eigenvalue weighted by atomic mass is 9.96. The van der Waals surface area contributed by atoms with Crippen molar-refractivity contribution in [2.45, 2.75) is 45.6 Å². The molecule has 82 valence electrons. The van der Waals surface area contributed by atoms with E-state index in [-0.39, 0.29) is 11.6 Å². The van der Waals surface area contributed by atoms with Crippen molar-refractivity contribution >= 4 is 5.97 Å². The molecule has 1 aliphatic rings. The highest BCUT2D eigenvalue weighted by Crippen LogP contribution is 2.17. The van der Waals surface area contributed by atoms with Gasteiger partial charge in [-0.05, 0) is 52.6 Å². The summed E-state index contributed by atoms with van der Waals surface area (Å²) in [7, 11) is 0. The van der Waals surface area contributed by atoms with Gasteiger partial charge < -0.3 is 10.1 Å². The van der Waals surface area contributed by atoms with Crippen LogP contribution in [-0.2, 0) is 9.53 Å². The van der Waals surface area contributed by atoms with Crippen LogP contribution < -0.4 is 5.32 Å². The van der Waals surface area contributed by atoms with Gasteiger partial charge in [0.25, 0.3) is 0 Å². The standard InChI is InChI=1S/C11H21NO2/c1-11(2,3)14-10(13)7-9-5-4-6-12-8-9/h9,12H,4-8H2,1-3H3/t9-/m0/s1. The maximum atomic E-state index is 11.5. The second-order valence-electron chi connectivity index (χ2n) is 5.00. The van der Waals surface area contributed by atoms with Gasteiger partial charge in [0.05, 0.1) is 0 Å². The van der Waals surface area contributed by atoms with Crippen LogP contribution in [0.25, 0.3) is 0 Å². The Balaban J connectivity index is 2.25. The predicted octanol–water partition coefficient (Wildman–Crippen LogP) is 1.72. The summed E-state index contributed by atoms with van der Waals surface area (Å²) in [5.41, 5.74) is -0.348. The van der Waals surface area contributed by atoms with Gasteiger partial charge in [-0.2, -0.15) is 0 Å². The van der Waals surface area contributed by atoms with E-state index >= 15 is 0 Å². The molecular formula is C11H21NO2. The Hall–Kier alpha value is -0.570. The van der Waals surface area contributed by atoms with Gasteiger partial charge in [0.15, 0.2) is 0 Å². The molecule has 1 atom stereocenters. The van der Waals surface area contributed by atoms with E-state index < -0.39 is 0 Å². The molecule has 0 bridgehead atoms. The minimum atomic E-state index is -0.348. The number of carbonyl (C=O) groups excluding carboxylic acids is 1. The molecule has 0 aromatic heterocycles. The number of hydrogen-bond donors (Lipinski definition) is 1. The number of esters is 1. The zero-order chi connectivity index (χ0) is 10.6. The largest absolute Gasteiger partial charge is 0.460 e. The molecule has 0 saturated carbocycles. The summed E-state index contributed by atoms with van der Waals surface area (Å²) in [6.45, 7) is 7.77. The monoisotopic (exact) mass is 199 g/mol. The normalized spacial score (nSPS) is 23.2. The van der Waals surface area contributed by atoms with Crippen molar-refractivity contribution in [3.05, 3.63) is 0 Å². The molecule has 1 rings (SSSR count).